The van der Waals surface area contributed by atoms with Crippen LogP contribution in [0.5, 0.6) is 0 Å². The Morgan fingerprint density at radius 1 is 1.31 bits per heavy atom. The largest absolute Gasteiger partial charge is 0.469 e. The molecule has 1 N–H and O–H groups in total. The quantitative estimate of drug-likeness (QED) is 0.257. The molecule has 8 nitrogen and oxygen atoms in total. The highest BCUT2D eigenvalue weighted by atomic mass is 127. The minimum atomic E-state index is -3.55. The lowest BCUT2D eigenvalue weighted by Gasteiger charge is -2.22. The van der Waals surface area contributed by atoms with E-state index in [4.69, 9.17) is 4.74 Å². The summed E-state index contributed by atoms with van der Waals surface area (Å²) in [6, 6.07) is 6.88. The number of esters is 1. The van der Waals surface area contributed by atoms with Gasteiger partial charge in [-0.25, -0.2) is 17.7 Å². The van der Waals surface area contributed by atoms with E-state index in [1.807, 2.05) is 18.7 Å². The number of aliphatic imine (C=N–C) groups is 1. The number of halogens is 1. The van der Waals surface area contributed by atoms with Gasteiger partial charge < -0.3 is 15.0 Å². The molecule has 1 saturated heterocycles. The van der Waals surface area contributed by atoms with Crippen molar-refractivity contribution in [2.75, 3.05) is 40.8 Å². The van der Waals surface area contributed by atoms with Crippen LogP contribution < -0.4 is 5.32 Å². The number of likely N-dealkylation sites (tertiary alicyclic amines) is 1. The van der Waals surface area contributed by atoms with Crippen LogP contribution >= 0.6 is 24.0 Å². The molecule has 1 heterocycles. The second kappa shape index (κ2) is 11.1. The summed E-state index contributed by atoms with van der Waals surface area (Å²) >= 11 is 0. The van der Waals surface area contributed by atoms with Gasteiger partial charge in [0.1, 0.15) is 0 Å². The van der Waals surface area contributed by atoms with Crippen molar-refractivity contribution in [2.45, 2.75) is 25.3 Å². The van der Waals surface area contributed by atoms with Crippen LogP contribution in [0, 0.1) is 11.8 Å². The smallest absolute Gasteiger partial charge is 0.310 e. The molecule has 10 heteroatoms. The number of carbonyl (C=O) groups excluding carboxylic acids is 1. The van der Waals surface area contributed by atoms with Gasteiger partial charge in [-0.3, -0.25) is 4.79 Å². The summed E-state index contributed by atoms with van der Waals surface area (Å²) in [7, 11) is 0.876. The topological polar surface area (TPSA) is 91.3 Å². The fraction of sp³-hybridized carbons (Fsp3) is 0.579. The Morgan fingerprint density at radius 2 is 1.97 bits per heavy atom. The molecule has 0 bridgehead atoms. The molecule has 1 aliphatic rings. The van der Waals surface area contributed by atoms with Gasteiger partial charge in [0.15, 0.2) is 5.96 Å². The van der Waals surface area contributed by atoms with Crippen LogP contribution in [0.1, 0.15) is 19.4 Å². The molecule has 0 saturated carbocycles. The van der Waals surface area contributed by atoms with Gasteiger partial charge in [-0.05, 0) is 24.5 Å². The number of hydrogen-bond acceptors (Lipinski definition) is 5. The number of nitrogens with one attached hydrogen (secondary N) is 1. The van der Waals surface area contributed by atoms with Gasteiger partial charge in [0.2, 0.25) is 10.0 Å². The highest BCUT2D eigenvalue weighted by Crippen LogP contribution is 2.25. The Bertz CT molecular complexity index is 829. The summed E-state index contributed by atoms with van der Waals surface area (Å²) in [4.78, 5) is 18.9. The zero-order chi connectivity index (χ0) is 20.9. The van der Waals surface area contributed by atoms with Crippen LogP contribution in [0.15, 0.2) is 34.2 Å². The van der Waals surface area contributed by atoms with Crippen molar-refractivity contribution in [1.29, 1.82) is 0 Å². The molecule has 0 spiro atoms. The number of hydrogen-bond donors (Lipinski definition) is 1. The standard InChI is InChI=1S/C19H30N4O4S.HI/c1-6-20-19(23-12-14(2)16(13-23)18(24)27-5)21-11-15-9-7-8-10-17(15)28(25,26)22(3)4;/h7-10,14,16H,6,11-13H2,1-5H3,(H,20,21);1H. The van der Waals surface area contributed by atoms with E-state index in [0.29, 0.717) is 31.2 Å². The minimum absolute atomic E-state index is 0. The van der Waals surface area contributed by atoms with Crippen molar-refractivity contribution in [1.82, 2.24) is 14.5 Å². The van der Waals surface area contributed by atoms with E-state index in [-0.39, 0.29) is 53.2 Å². The number of sulfonamides is 1. The number of ether oxygens (including phenoxy) is 1. The molecule has 164 valence electrons. The van der Waals surface area contributed by atoms with Crippen molar-refractivity contribution < 1.29 is 17.9 Å². The van der Waals surface area contributed by atoms with E-state index in [1.54, 1.807) is 24.3 Å². The molecule has 1 aliphatic heterocycles. The number of guanidine groups is 1. The summed E-state index contributed by atoms with van der Waals surface area (Å²) in [5.74, 6) is 0.402. The maximum absolute atomic E-state index is 12.6. The van der Waals surface area contributed by atoms with Crippen LogP contribution in [0.2, 0.25) is 0 Å². The second-order valence-corrected chi connectivity index (χ2v) is 9.20. The van der Waals surface area contributed by atoms with Crippen molar-refractivity contribution in [2.24, 2.45) is 16.8 Å². The third-order valence-corrected chi connectivity index (χ3v) is 6.80. The zero-order valence-corrected chi connectivity index (χ0v) is 20.7. The molecule has 1 aromatic carbocycles. The highest BCUT2D eigenvalue weighted by Gasteiger charge is 2.36. The van der Waals surface area contributed by atoms with Crippen molar-refractivity contribution in [3.8, 4) is 0 Å². The molecule has 0 aromatic heterocycles. The lowest BCUT2D eigenvalue weighted by atomic mass is 9.99. The molecule has 0 aliphatic carbocycles. The predicted molar refractivity (Wildman–Crippen MR) is 124 cm³/mol. The van der Waals surface area contributed by atoms with E-state index in [1.165, 1.54) is 25.5 Å². The monoisotopic (exact) mass is 538 g/mol. The van der Waals surface area contributed by atoms with Gasteiger partial charge in [0, 0.05) is 33.7 Å². The maximum atomic E-state index is 12.6. The van der Waals surface area contributed by atoms with Crippen LogP contribution in [-0.4, -0.2) is 70.4 Å². The minimum Gasteiger partial charge on any atom is -0.469 e. The fourth-order valence-electron chi connectivity index (χ4n) is 3.27. The summed E-state index contributed by atoms with van der Waals surface area (Å²) in [6.45, 7) is 6.09. The SMILES string of the molecule is CCNC(=NCc1ccccc1S(=O)(=O)N(C)C)N1CC(C)C(C(=O)OC)C1.I. The number of methoxy groups -OCH3 is 1. The maximum Gasteiger partial charge on any atom is 0.310 e. The van der Waals surface area contributed by atoms with E-state index in [2.05, 4.69) is 10.3 Å². The first-order valence-corrected chi connectivity index (χ1v) is 10.8. The highest BCUT2D eigenvalue weighted by molar-refractivity contribution is 14.0. The number of benzene rings is 1. The Balaban J connectivity index is 0.00000420. The lowest BCUT2D eigenvalue weighted by molar-refractivity contribution is -0.145. The van der Waals surface area contributed by atoms with E-state index in [9.17, 15) is 13.2 Å². The average Bonchev–Trinajstić information content (AvgIpc) is 3.06. The first kappa shape index (κ1) is 25.6. The molecule has 2 atom stereocenters. The predicted octanol–water partition coefficient (Wildman–Crippen LogP) is 1.76. The van der Waals surface area contributed by atoms with Gasteiger partial charge in [-0.2, -0.15) is 0 Å². The fourth-order valence-corrected chi connectivity index (χ4v) is 4.37. The second-order valence-electron chi connectivity index (χ2n) is 7.08. The van der Waals surface area contributed by atoms with Gasteiger partial charge in [-0.1, -0.05) is 25.1 Å². The van der Waals surface area contributed by atoms with Gasteiger partial charge in [0.05, 0.1) is 24.5 Å². The Kier molecular flexibility index (Phi) is 9.83. The summed E-state index contributed by atoms with van der Waals surface area (Å²) in [5, 5.41) is 3.24. The first-order chi connectivity index (χ1) is 13.2. The first-order valence-electron chi connectivity index (χ1n) is 9.33. The number of rotatable bonds is 6. The average molecular weight is 538 g/mol. The molecule has 1 fully saturated rings. The Hall–Kier alpha value is -1.40. The third-order valence-electron chi connectivity index (χ3n) is 4.88. The third kappa shape index (κ3) is 6.05. The van der Waals surface area contributed by atoms with E-state index < -0.39 is 10.0 Å². The van der Waals surface area contributed by atoms with Crippen molar-refractivity contribution >= 4 is 45.9 Å². The van der Waals surface area contributed by atoms with Crippen molar-refractivity contribution in [3.63, 3.8) is 0 Å². The lowest BCUT2D eigenvalue weighted by Crippen LogP contribution is -2.40. The van der Waals surface area contributed by atoms with Crippen molar-refractivity contribution in [3.05, 3.63) is 29.8 Å². The Morgan fingerprint density at radius 3 is 2.55 bits per heavy atom. The van der Waals surface area contributed by atoms with E-state index in [0.717, 1.165) is 0 Å². The number of carbonyl (C=O) groups is 1. The molecule has 0 radical (unpaired) electrons. The molecule has 2 unspecified atom stereocenters. The molecule has 2 rings (SSSR count). The molecule has 1 aromatic rings. The van der Waals surface area contributed by atoms with E-state index >= 15 is 0 Å². The van der Waals surface area contributed by atoms with Crippen LogP contribution in [0.3, 0.4) is 0 Å². The molecule has 0 amide bonds. The summed E-state index contributed by atoms with van der Waals surface area (Å²) in [6.07, 6.45) is 0. The van der Waals surface area contributed by atoms with Crippen LogP contribution in [0.4, 0.5) is 0 Å². The molecule has 29 heavy (non-hydrogen) atoms. The normalized spacial score (nSPS) is 19.8. The number of nitrogens with zero attached hydrogens (tertiary/aromatic N) is 3. The Labute approximate surface area is 190 Å². The molecular weight excluding hydrogens is 507 g/mol. The molecular formula is C19H31IN4O4S. The van der Waals surface area contributed by atoms with Crippen LogP contribution in [-0.2, 0) is 26.1 Å². The van der Waals surface area contributed by atoms with Gasteiger partial charge in [0.25, 0.3) is 0 Å². The summed E-state index contributed by atoms with van der Waals surface area (Å²) in [5.41, 5.74) is 0.628. The zero-order valence-electron chi connectivity index (χ0n) is 17.6. The van der Waals surface area contributed by atoms with Gasteiger partial charge >= 0.3 is 5.97 Å². The summed E-state index contributed by atoms with van der Waals surface area (Å²) < 4.78 is 31.2. The van der Waals surface area contributed by atoms with Gasteiger partial charge in [-0.15, -0.1) is 24.0 Å². The van der Waals surface area contributed by atoms with Crippen LogP contribution in [0.25, 0.3) is 0 Å².